The molecule has 200 valence electrons. The Bertz CT molecular complexity index is 1060. The molecule has 2 fully saturated rings. The Balaban J connectivity index is 1.41. The number of hydrogen-bond donors (Lipinski definition) is 0. The van der Waals surface area contributed by atoms with Crippen LogP contribution in [0.1, 0.15) is 63.4 Å². The van der Waals surface area contributed by atoms with Crippen LogP contribution in [0.2, 0.25) is 0 Å². The molecule has 0 radical (unpaired) electrons. The summed E-state index contributed by atoms with van der Waals surface area (Å²) in [5.41, 5.74) is 2.11. The van der Waals surface area contributed by atoms with Crippen LogP contribution in [0, 0.1) is 13.8 Å². The molecule has 2 aromatic rings. The molecule has 0 spiro atoms. The number of piperidine rings is 1. The topological polar surface area (TPSA) is 88.1 Å². The second-order valence-corrected chi connectivity index (χ2v) is 11.0. The summed E-state index contributed by atoms with van der Waals surface area (Å²) >= 11 is 0. The van der Waals surface area contributed by atoms with Gasteiger partial charge in [0.05, 0.1) is 11.4 Å². The highest BCUT2D eigenvalue weighted by Crippen LogP contribution is 2.33. The van der Waals surface area contributed by atoms with Crippen molar-refractivity contribution in [3.05, 3.63) is 53.6 Å². The van der Waals surface area contributed by atoms with E-state index in [-0.39, 0.29) is 24.6 Å². The quantitative estimate of drug-likeness (QED) is 0.487. The van der Waals surface area contributed by atoms with E-state index in [4.69, 9.17) is 9.57 Å². The highest BCUT2D eigenvalue weighted by molar-refractivity contribution is 5.87. The van der Waals surface area contributed by atoms with Crippen LogP contribution in [0.15, 0.2) is 36.7 Å². The van der Waals surface area contributed by atoms with Gasteiger partial charge in [0, 0.05) is 31.7 Å². The maximum Gasteiger partial charge on any atom is 0.439 e. The maximum absolute atomic E-state index is 13.5. The van der Waals surface area contributed by atoms with Crippen LogP contribution in [0.3, 0.4) is 0 Å². The Kier molecular flexibility index (Phi) is 8.44. The number of aryl methyl sites for hydroxylation is 2. The van der Waals surface area contributed by atoms with E-state index < -0.39 is 11.7 Å². The van der Waals surface area contributed by atoms with Crippen LogP contribution >= 0.6 is 0 Å². The summed E-state index contributed by atoms with van der Waals surface area (Å²) in [6, 6.07) is 10.9. The molecule has 9 heteroatoms. The first kappa shape index (κ1) is 27.0. The minimum absolute atomic E-state index is 0.107. The minimum atomic E-state index is -0.728. The molecule has 4 rings (SSSR count). The first-order valence-corrected chi connectivity index (χ1v) is 13.1. The number of hydroxylamine groups is 1. The number of anilines is 1. The molecule has 1 saturated heterocycles. The zero-order valence-electron chi connectivity index (χ0n) is 22.6. The second-order valence-electron chi connectivity index (χ2n) is 11.0. The van der Waals surface area contributed by atoms with E-state index in [9.17, 15) is 9.59 Å². The number of nitrogens with zero attached hydrogens (tertiary/aromatic N) is 5. The number of ether oxygens (including phenoxy) is 1. The minimum Gasteiger partial charge on any atom is -0.442 e. The summed E-state index contributed by atoms with van der Waals surface area (Å²) in [5, 5.41) is 1.04. The van der Waals surface area contributed by atoms with Gasteiger partial charge in [0.25, 0.3) is 5.91 Å². The normalized spacial score (nSPS) is 16.9. The van der Waals surface area contributed by atoms with Crippen LogP contribution in [0.4, 0.5) is 10.5 Å². The van der Waals surface area contributed by atoms with Crippen LogP contribution in [0.5, 0.6) is 0 Å². The van der Waals surface area contributed by atoms with E-state index in [2.05, 4.69) is 39.1 Å². The molecular formula is C28H39N5O4. The predicted octanol–water partition coefficient (Wildman–Crippen LogP) is 4.42. The Labute approximate surface area is 219 Å². The van der Waals surface area contributed by atoms with Gasteiger partial charge >= 0.3 is 6.09 Å². The van der Waals surface area contributed by atoms with Gasteiger partial charge in [-0.25, -0.2) is 14.8 Å². The van der Waals surface area contributed by atoms with Crippen LogP contribution < -0.4 is 5.06 Å². The van der Waals surface area contributed by atoms with Crippen molar-refractivity contribution in [2.45, 2.75) is 84.5 Å². The van der Waals surface area contributed by atoms with E-state index in [0.29, 0.717) is 17.1 Å². The number of hydrogen-bond acceptors (Lipinski definition) is 7. The molecule has 9 nitrogen and oxygen atoms in total. The SMILES string of the molecule is Cc1ncnc(C)c1N(OCC(=O)N(C1CC1)C1CCN(Cc2ccccc2)CC1)C(=O)OC(C)(C)C. The monoisotopic (exact) mass is 509 g/mol. The van der Waals surface area contributed by atoms with Gasteiger partial charge < -0.3 is 9.64 Å². The van der Waals surface area contributed by atoms with Crippen molar-refractivity contribution in [2.24, 2.45) is 0 Å². The molecule has 2 heterocycles. The fourth-order valence-corrected chi connectivity index (χ4v) is 4.84. The predicted molar refractivity (Wildman–Crippen MR) is 141 cm³/mol. The standard InChI is InChI=1S/C28H39N5O4/c1-20-26(21(2)30-19-29-20)33(27(35)37-28(3,4)5)36-18-25(34)32(23-11-12-23)24-13-15-31(16-14-24)17-22-9-7-6-8-10-22/h6-10,19,23-24H,11-18H2,1-5H3. The number of carbonyl (C=O) groups is 2. The molecule has 2 aliphatic rings. The van der Waals surface area contributed by atoms with Gasteiger partial charge in [0.2, 0.25) is 0 Å². The van der Waals surface area contributed by atoms with E-state index in [1.54, 1.807) is 34.6 Å². The molecule has 2 amide bonds. The Morgan fingerprint density at radius 2 is 1.57 bits per heavy atom. The van der Waals surface area contributed by atoms with Crippen LogP contribution in [-0.4, -0.2) is 69.1 Å². The Morgan fingerprint density at radius 1 is 0.973 bits per heavy atom. The second kappa shape index (κ2) is 11.6. The summed E-state index contributed by atoms with van der Waals surface area (Å²) in [6.07, 6.45) is 4.61. The molecule has 0 atom stereocenters. The molecule has 0 unspecified atom stereocenters. The first-order chi connectivity index (χ1) is 17.6. The largest absolute Gasteiger partial charge is 0.442 e. The molecule has 1 aliphatic carbocycles. The number of amides is 2. The number of benzene rings is 1. The molecule has 37 heavy (non-hydrogen) atoms. The molecule has 0 bridgehead atoms. The highest BCUT2D eigenvalue weighted by atomic mass is 16.7. The van der Waals surface area contributed by atoms with Crippen LogP contribution in [-0.2, 0) is 20.9 Å². The van der Waals surface area contributed by atoms with E-state index in [0.717, 1.165) is 50.4 Å². The first-order valence-electron chi connectivity index (χ1n) is 13.1. The lowest BCUT2D eigenvalue weighted by Crippen LogP contribution is -2.50. The lowest BCUT2D eigenvalue weighted by Gasteiger charge is -2.39. The van der Waals surface area contributed by atoms with E-state index in [1.807, 2.05) is 11.0 Å². The number of likely N-dealkylation sites (tertiary alicyclic amines) is 1. The third-order valence-electron chi connectivity index (χ3n) is 6.70. The number of aromatic nitrogens is 2. The van der Waals surface area contributed by atoms with Crippen LogP contribution in [0.25, 0.3) is 0 Å². The van der Waals surface area contributed by atoms with E-state index in [1.165, 1.54) is 11.9 Å². The zero-order valence-corrected chi connectivity index (χ0v) is 22.6. The highest BCUT2D eigenvalue weighted by Gasteiger charge is 2.39. The summed E-state index contributed by atoms with van der Waals surface area (Å²) in [4.78, 5) is 45.3. The molecule has 1 saturated carbocycles. The van der Waals surface area contributed by atoms with Crippen molar-refractivity contribution in [1.82, 2.24) is 19.8 Å². The van der Waals surface area contributed by atoms with Crippen molar-refractivity contribution in [1.29, 1.82) is 0 Å². The van der Waals surface area contributed by atoms with Gasteiger partial charge in [0.1, 0.15) is 17.6 Å². The maximum atomic E-state index is 13.5. The van der Waals surface area contributed by atoms with Crippen molar-refractivity contribution in [3.63, 3.8) is 0 Å². The van der Waals surface area contributed by atoms with Gasteiger partial charge in [-0.15, -0.1) is 5.06 Å². The fourth-order valence-electron chi connectivity index (χ4n) is 4.84. The van der Waals surface area contributed by atoms with Gasteiger partial charge in [0.15, 0.2) is 6.61 Å². The van der Waals surface area contributed by atoms with Gasteiger partial charge in [-0.3, -0.25) is 14.5 Å². The summed E-state index contributed by atoms with van der Waals surface area (Å²) in [7, 11) is 0. The lowest BCUT2D eigenvalue weighted by molar-refractivity contribution is -0.140. The van der Waals surface area contributed by atoms with Gasteiger partial charge in [-0.2, -0.15) is 0 Å². The fraction of sp³-hybridized carbons (Fsp3) is 0.571. The van der Waals surface area contributed by atoms with Crippen molar-refractivity contribution >= 4 is 17.7 Å². The van der Waals surface area contributed by atoms with Crippen molar-refractivity contribution in [3.8, 4) is 0 Å². The van der Waals surface area contributed by atoms with E-state index >= 15 is 0 Å². The average Bonchev–Trinajstić information content (AvgIpc) is 3.67. The molecule has 1 aliphatic heterocycles. The van der Waals surface area contributed by atoms with Gasteiger partial charge in [-0.1, -0.05) is 30.3 Å². The molecule has 1 aromatic heterocycles. The summed E-state index contributed by atoms with van der Waals surface area (Å²) < 4.78 is 5.57. The molecule has 0 N–H and O–H groups in total. The van der Waals surface area contributed by atoms with Crippen molar-refractivity contribution in [2.75, 3.05) is 24.8 Å². The van der Waals surface area contributed by atoms with Gasteiger partial charge in [-0.05, 0) is 65.9 Å². The number of rotatable bonds is 8. The third-order valence-corrected chi connectivity index (χ3v) is 6.70. The Hall–Kier alpha value is -3.04. The lowest BCUT2D eigenvalue weighted by atomic mass is 10.0. The average molecular weight is 510 g/mol. The molecule has 1 aromatic carbocycles. The zero-order chi connectivity index (χ0) is 26.6. The third kappa shape index (κ3) is 7.26. The van der Waals surface area contributed by atoms with Crippen molar-refractivity contribution < 1.29 is 19.2 Å². The summed E-state index contributed by atoms with van der Waals surface area (Å²) in [6.45, 7) is 11.5. The summed E-state index contributed by atoms with van der Waals surface area (Å²) in [5.74, 6) is -0.107. The molecular weight excluding hydrogens is 470 g/mol. The smallest absolute Gasteiger partial charge is 0.439 e. The Morgan fingerprint density at radius 3 is 2.14 bits per heavy atom. The number of carbonyl (C=O) groups excluding carboxylic acids is 2.